The highest BCUT2D eigenvalue weighted by molar-refractivity contribution is 7.79. The topological polar surface area (TPSA) is 76.3 Å². The van der Waals surface area contributed by atoms with Crippen molar-refractivity contribution in [3.05, 3.63) is 24.3 Å². The van der Waals surface area contributed by atoms with Gasteiger partial charge in [-0.05, 0) is 35.3 Å². The zero-order valence-corrected chi connectivity index (χ0v) is 6.30. The van der Waals surface area contributed by atoms with Crippen molar-refractivity contribution < 1.29 is 8.76 Å². The molecule has 1 N–H and O–H groups in total. The summed E-state index contributed by atoms with van der Waals surface area (Å²) in [6.07, 6.45) is 0. The monoisotopic (exact) mass is 169 g/mol. The van der Waals surface area contributed by atoms with Gasteiger partial charge in [0, 0.05) is 4.90 Å². The van der Waals surface area contributed by atoms with E-state index in [0.717, 1.165) is 0 Å². The molecule has 0 aliphatic carbocycles. The van der Waals surface area contributed by atoms with Gasteiger partial charge in [0.1, 0.15) is 0 Å². The third-order valence-corrected chi connectivity index (χ3v) is 1.82. The van der Waals surface area contributed by atoms with Gasteiger partial charge in [-0.25, -0.2) is 5.53 Å². The number of nitrogens with one attached hydrogen (secondary N) is 1. The van der Waals surface area contributed by atoms with E-state index in [-0.39, 0.29) is 4.90 Å². The number of nitrogens with zero attached hydrogens (tertiary/aromatic N) is 1. The average molecular weight is 169 g/mol. The summed E-state index contributed by atoms with van der Waals surface area (Å²) in [6.45, 7) is 0. The molecule has 0 saturated carbocycles. The van der Waals surface area contributed by atoms with Crippen LogP contribution in [0.3, 0.4) is 0 Å². The van der Waals surface area contributed by atoms with E-state index in [0.29, 0.717) is 5.69 Å². The molecule has 1 atom stereocenters. The third kappa shape index (κ3) is 1.92. The Morgan fingerprint density at radius 1 is 1.36 bits per heavy atom. The van der Waals surface area contributed by atoms with E-state index in [4.69, 9.17) is 5.53 Å². The minimum Gasteiger partial charge on any atom is -0.768 e. The second kappa shape index (κ2) is 3.36. The van der Waals surface area contributed by atoms with Gasteiger partial charge < -0.3 is 4.55 Å². The van der Waals surface area contributed by atoms with Crippen molar-refractivity contribution in [1.29, 1.82) is 5.53 Å². The second-order valence-electron chi connectivity index (χ2n) is 1.84. The molecular formula is C6H5N2O2S-. The first-order valence-electron chi connectivity index (χ1n) is 2.81. The lowest BCUT2D eigenvalue weighted by Gasteiger charge is -2.03. The lowest BCUT2D eigenvalue weighted by molar-refractivity contribution is 0.537. The van der Waals surface area contributed by atoms with E-state index in [2.05, 4.69) is 5.11 Å². The molecule has 0 aromatic heterocycles. The van der Waals surface area contributed by atoms with Crippen molar-refractivity contribution in [3.8, 4) is 0 Å². The fourth-order valence-electron chi connectivity index (χ4n) is 0.632. The molecule has 0 saturated heterocycles. The Balaban J connectivity index is 3.00. The van der Waals surface area contributed by atoms with Gasteiger partial charge in [-0.2, -0.15) is 5.11 Å². The first-order valence-corrected chi connectivity index (χ1v) is 3.88. The molecule has 5 heteroatoms. The predicted octanol–water partition coefficient (Wildman–Crippen LogP) is 1.59. The van der Waals surface area contributed by atoms with Crippen LogP contribution in [0.15, 0.2) is 34.3 Å². The third-order valence-electron chi connectivity index (χ3n) is 1.16. The number of benzene rings is 1. The lowest BCUT2D eigenvalue weighted by atomic mass is 10.3. The molecule has 0 amide bonds. The Hall–Kier alpha value is -1.07. The van der Waals surface area contributed by atoms with E-state index in [1.165, 1.54) is 24.3 Å². The molecule has 11 heavy (non-hydrogen) atoms. The molecule has 0 aliphatic rings. The molecule has 0 radical (unpaired) electrons. The molecule has 0 heterocycles. The molecule has 1 aromatic rings. The van der Waals surface area contributed by atoms with E-state index < -0.39 is 11.1 Å². The Morgan fingerprint density at radius 3 is 2.27 bits per heavy atom. The first kappa shape index (κ1) is 8.03. The van der Waals surface area contributed by atoms with Crippen LogP contribution < -0.4 is 0 Å². The molecule has 58 valence electrons. The Labute approximate surface area is 66.0 Å². The van der Waals surface area contributed by atoms with Crippen molar-refractivity contribution in [2.75, 3.05) is 0 Å². The molecule has 1 rings (SSSR count). The second-order valence-corrected chi connectivity index (χ2v) is 2.78. The predicted molar refractivity (Wildman–Crippen MR) is 38.4 cm³/mol. The maximum absolute atomic E-state index is 10.3. The van der Waals surface area contributed by atoms with Crippen LogP contribution >= 0.6 is 0 Å². The van der Waals surface area contributed by atoms with Crippen LogP contribution in [-0.4, -0.2) is 8.76 Å². The fraction of sp³-hybridized carbons (Fsp3) is 0. The molecular weight excluding hydrogens is 164 g/mol. The quantitative estimate of drug-likeness (QED) is 0.539. The number of hydrogen-bond donors (Lipinski definition) is 1. The van der Waals surface area contributed by atoms with E-state index >= 15 is 0 Å². The Bertz CT molecular complexity index is 283. The highest BCUT2D eigenvalue weighted by atomic mass is 32.2. The Morgan fingerprint density at radius 2 is 1.91 bits per heavy atom. The summed E-state index contributed by atoms with van der Waals surface area (Å²) in [5.41, 5.74) is 7.04. The van der Waals surface area contributed by atoms with Crippen molar-refractivity contribution in [3.63, 3.8) is 0 Å². The van der Waals surface area contributed by atoms with Crippen LogP contribution in [0, 0.1) is 5.53 Å². The number of hydrogen-bond acceptors (Lipinski definition) is 4. The van der Waals surface area contributed by atoms with Crippen molar-refractivity contribution >= 4 is 16.8 Å². The average Bonchev–Trinajstić information content (AvgIpc) is 2.05. The van der Waals surface area contributed by atoms with Gasteiger partial charge in [0.15, 0.2) is 0 Å². The normalized spacial score (nSPS) is 12.5. The highest BCUT2D eigenvalue weighted by Crippen LogP contribution is 2.13. The Kier molecular flexibility index (Phi) is 2.45. The molecule has 0 spiro atoms. The maximum Gasteiger partial charge on any atom is 0.0850 e. The fourth-order valence-corrected chi connectivity index (χ4v) is 0.990. The van der Waals surface area contributed by atoms with E-state index in [1.807, 2.05) is 0 Å². The smallest absolute Gasteiger partial charge is 0.0850 e. The van der Waals surface area contributed by atoms with Gasteiger partial charge in [-0.15, -0.1) is 0 Å². The van der Waals surface area contributed by atoms with Crippen LogP contribution in [-0.2, 0) is 11.1 Å². The van der Waals surface area contributed by atoms with Gasteiger partial charge in [-0.1, -0.05) is 0 Å². The molecule has 1 aromatic carbocycles. The van der Waals surface area contributed by atoms with E-state index in [9.17, 15) is 8.76 Å². The van der Waals surface area contributed by atoms with Crippen LogP contribution in [0.5, 0.6) is 0 Å². The minimum atomic E-state index is -2.19. The van der Waals surface area contributed by atoms with Crippen molar-refractivity contribution in [2.24, 2.45) is 5.11 Å². The van der Waals surface area contributed by atoms with Crippen molar-refractivity contribution in [1.82, 2.24) is 0 Å². The zero-order valence-electron chi connectivity index (χ0n) is 5.48. The molecule has 0 aliphatic heterocycles. The lowest BCUT2D eigenvalue weighted by Crippen LogP contribution is -1.86. The summed E-state index contributed by atoms with van der Waals surface area (Å²) in [5.74, 6) is 0. The van der Waals surface area contributed by atoms with Gasteiger partial charge in [0.05, 0.1) is 5.69 Å². The van der Waals surface area contributed by atoms with Crippen LogP contribution in [0.4, 0.5) is 5.69 Å². The van der Waals surface area contributed by atoms with Crippen LogP contribution in [0.25, 0.3) is 0 Å². The summed E-state index contributed by atoms with van der Waals surface area (Å²) in [4.78, 5) is 0.206. The van der Waals surface area contributed by atoms with Gasteiger partial charge in [0.2, 0.25) is 0 Å². The summed E-state index contributed by atoms with van der Waals surface area (Å²) < 4.78 is 20.6. The molecule has 4 nitrogen and oxygen atoms in total. The summed E-state index contributed by atoms with van der Waals surface area (Å²) in [6, 6.07) is 5.74. The maximum atomic E-state index is 10.3. The number of rotatable bonds is 2. The SMILES string of the molecule is N=Nc1ccc(S(=O)[O-])cc1. The van der Waals surface area contributed by atoms with Gasteiger partial charge >= 0.3 is 0 Å². The standard InChI is InChI=1S/C6H6N2O2S/c7-8-5-1-3-6(4-2-5)11(9)10/h1-4,7H,(H,9,10)/p-1. The highest BCUT2D eigenvalue weighted by Gasteiger charge is 1.91. The summed E-state index contributed by atoms with van der Waals surface area (Å²) in [5, 5.41) is 3.12. The van der Waals surface area contributed by atoms with Gasteiger partial charge in [0.25, 0.3) is 0 Å². The van der Waals surface area contributed by atoms with Crippen LogP contribution in [0.2, 0.25) is 0 Å². The summed E-state index contributed by atoms with van der Waals surface area (Å²) >= 11 is -2.19. The van der Waals surface area contributed by atoms with E-state index in [1.54, 1.807) is 0 Å². The molecule has 0 fully saturated rings. The largest absolute Gasteiger partial charge is 0.768 e. The summed E-state index contributed by atoms with van der Waals surface area (Å²) in [7, 11) is 0. The van der Waals surface area contributed by atoms with Gasteiger partial charge in [-0.3, -0.25) is 4.21 Å². The molecule has 0 bridgehead atoms. The first-order chi connectivity index (χ1) is 5.24. The zero-order chi connectivity index (χ0) is 8.27. The van der Waals surface area contributed by atoms with Crippen LogP contribution in [0.1, 0.15) is 0 Å². The molecule has 1 unspecified atom stereocenters. The van der Waals surface area contributed by atoms with Crippen molar-refractivity contribution in [2.45, 2.75) is 4.90 Å². The minimum absolute atomic E-state index is 0.206.